The van der Waals surface area contributed by atoms with E-state index < -0.39 is 0 Å². The lowest BCUT2D eigenvalue weighted by Crippen LogP contribution is -2.00. The second kappa shape index (κ2) is 7.18. The Hall–Kier alpha value is -3.14. The molecule has 3 aromatic carbocycles. The van der Waals surface area contributed by atoms with Gasteiger partial charge in [-0.2, -0.15) is 0 Å². The highest BCUT2D eigenvalue weighted by Gasteiger charge is 2.04. The maximum absolute atomic E-state index is 10.2. The minimum Gasteiger partial charge on any atom is -0.509 e. The number of phenols is 1. The SMILES string of the molecule is Bc1ccc2c(/C=C/c3ccc(OCC(=C)O)cc3)c(O)ccc2c1. The first-order valence-corrected chi connectivity index (χ1v) is 8.03. The Balaban J connectivity index is 1.85. The lowest BCUT2D eigenvalue weighted by Gasteiger charge is -2.07. The molecule has 0 amide bonds. The van der Waals surface area contributed by atoms with Gasteiger partial charge in [0.25, 0.3) is 0 Å². The summed E-state index contributed by atoms with van der Waals surface area (Å²) < 4.78 is 5.36. The lowest BCUT2D eigenvalue weighted by molar-refractivity contribution is 0.272. The zero-order chi connectivity index (χ0) is 17.8. The van der Waals surface area contributed by atoms with Crippen molar-refractivity contribution in [2.45, 2.75) is 0 Å². The molecule has 0 fully saturated rings. The van der Waals surface area contributed by atoms with Crippen molar-refractivity contribution in [3.05, 3.63) is 78.1 Å². The molecule has 124 valence electrons. The van der Waals surface area contributed by atoms with Crippen LogP contribution in [-0.4, -0.2) is 24.7 Å². The number of rotatable bonds is 5. The van der Waals surface area contributed by atoms with E-state index in [1.807, 2.05) is 54.6 Å². The number of hydrogen-bond donors (Lipinski definition) is 2. The van der Waals surface area contributed by atoms with E-state index in [1.54, 1.807) is 6.07 Å². The molecule has 0 aliphatic rings. The number of phenolic OH excluding ortho intramolecular Hbond substituents is 1. The predicted molar refractivity (Wildman–Crippen MR) is 106 cm³/mol. The smallest absolute Gasteiger partial charge is 0.144 e. The number of fused-ring (bicyclic) bond motifs is 1. The van der Waals surface area contributed by atoms with Gasteiger partial charge in [0.2, 0.25) is 0 Å². The van der Waals surface area contributed by atoms with Gasteiger partial charge in [0.1, 0.15) is 31.7 Å². The normalized spacial score (nSPS) is 11.0. The third kappa shape index (κ3) is 4.04. The quantitative estimate of drug-likeness (QED) is 0.428. The van der Waals surface area contributed by atoms with Crippen molar-refractivity contribution in [1.29, 1.82) is 0 Å². The number of benzene rings is 3. The summed E-state index contributed by atoms with van der Waals surface area (Å²) in [7, 11) is 2.05. The molecule has 0 saturated carbocycles. The predicted octanol–water partition coefficient (Wildman–Crippen LogP) is 3.42. The lowest BCUT2D eigenvalue weighted by atomic mass is 9.92. The van der Waals surface area contributed by atoms with Crippen molar-refractivity contribution >= 4 is 36.2 Å². The van der Waals surface area contributed by atoms with E-state index in [2.05, 4.69) is 20.5 Å². The molecule has 3 aromatic rings. The van der Waals surface area contributed by atoms with E-state index >= 15 is 0 Å². The van der Waals surface area contributed by atoms with Gasteiger partial charge in [-0.1, -0.05) is 60.6 Å². The topological polar surface area (TPSA) is 49.7 Å². The van der Waals surface area contributed by atoms with E-state index in [4.69, 9.17) is 9.84 Å². The first-order valence-electron chi connectivity index (χ1n) is 8.03. The van der Waals surface area contributed by atoms with Gasteiger partial charge in [-0.3, -0.25) is 0 Å². The van der Waals surface area contributed by atoms with Crippen molar-refractivity contribution in [2.24, 2.45) is 0 Å². The van der Waals surface area contributed by atoms with Crippen LogP contribution in [0.25, 0.3) is 22.9 Å². The molecule has 0 radical (unpaired) electrons. The summed E-state index contributed by atoms with van der Waals surface area (Å²) in [5.41, 5.74) is 2.97. The molecule has 4 heteroatoms. The minimum atomic E-state index is -0.00867. The fourth-order valence-electron chi connectivity index (χ4n) is 2.66. The van der Waals surface area contributed by atoms with Crippen LogP contribution < -0.4 is 10.2 Å². The summed E-state index contributed by atoms with van der Waals surface area (Å²) in [4.78, 5) is 0. The maximum Gasteiger partial charge on any atom is 0.144 e. The molecule has 0 aliphatic heterocycles. The minimum absolute atomic E-state index is 0.00867. The molecule has 0 aliphatic carbocycles. The van der Waals surface area contributed by atoms with E-state index in [-0.39, 0.29) is 18.1 Å². The standard InChI is InChI=1S/C21H19BO3/c1-14(23)13-25-18-7-2-15(3-8-18)4-9-20-19-10-6-17(22)12-16(19)5-11-21(20)24/h2-12,23-24H,1,13,22H2/b9-4+. The Kier molecular flexibility index (Phi) is 4.80. The molecule has 3 nitrogen and oxygen atoms in total. The second-order valence-corrected chi connectivity index (χ2v) is 5.98. The van der Waals surface area contributed by atoms with Crippen LogP contribution in [-0.2, 0) is 0 Å². The molecule has 0 aromatic heterocycles. The van der Waals surface area contributed by atoms with Crippen LogP contribution in [0.2, 0.25) is 0 Å². The molecule has 2 N–H and O–H groups in total. The summed E-state index contributed by atoms with van der Waals surface area (Å²) >= 11 is 0. The van der Waals surface area contributed by atoms with E-state index in [1.165, 1.54) is 5.46 Å². The zero-order valence-electron chi connectivity index (χ0n) is 14.1. The number of aliphatic hydroxyl groups is 1. The van der Waals surface area contributed by atoms with E-state index in [0.717, 1.165) is 21.9 Å². The van der Waals surface area contributed by atoms with Crippen LogP contribution in [0.15, 0.2) is 66.9 Å². The Morgan fingerprint density at radius 3 is 2.52 bits per heavy atom. The summed E-state index contributed by atoms with van der Waals surface area (Å²) in [6.07, 6.45) is 3.86. The molecule has 0 atom stereocenters. The van der Waals surface area contributed by atoms with Crippen molar-refractivity contribution in [2.75, 3.05) is 6.61 Å². The molecular weight excluding hydrogens is 311 g/mol. The van der Waals surface area contributed by atoms with Gasteiger partial charge < -0.3 is 14.9 Å². The molecule has 0 bridgehead atoms. The van der Waals surface area contributed by atoms with Crippen LogP contribution in [0.3, 0.4) is 0 Å². The highest BCUT2D eigenvalue weighted by atomic mass is 16.5. The van der Waals surface area contributed by atoms with Crippen molar-refractivity contribution in [3.8, 4) is 11.5 Å². The largest absolute Gasteiger partial charge is 0.509 e. The molecule has 0 heterocycles. The molecule has 0 spiro atoms. The number of hydrogen-bond acceptors (Lipinski definition) is 3. The first-order chi connectivity index (χ1) is 12.0. The third-order valence-electron chi connectivity index (χ3n) is 3.92. The van der Waals surface area contributed by atoms with E-state index in [0.29, 0.717) is 5.75 Å². The van der Waals surface area contributed by atoms with Crippen LogP contribution >= 0.6 is 0 Å². The maximum atomic E-state index is 10.2. The summed E-state index contributed by atoms with van der Waals surface area (Å²) in [5, 5.41) is 21.4. The highest BCUT2D eigenvalue weighted by molar-refractivity contribution is 6.33. The van der Waals surface area contributed by atoms with Gasteiger partial charge in [-0.25, -0.2) is 0 Å². The third-order valence-corrected chi connectivity index (χ3v) is 3.92. The number of aromatic hydroxyl groups is 1. The van der Waals surface area contributed by atoms with Crippen LogP contribution in [0.5, 0.6) is 11.5 Å². The molecule has 0 unspecified atom stereocenters. The van der Waals surface area contributed by atoms with Crippen molar-refractivity contribution < 1.29 is 14.9 Å². The van der Waals surface area contributed by atoms with Crippen LogP contribution in [0, 0.1) is 0 Å². The van der Waals surface area contributed by atoms with Crippen LogP contribution in [0.1, 0.15) is 11.1 Å². The van der Waals surface area contributed by atoms with Gasteiger partial charge in [0, 0.05) is 5.56 Å². The molecule has 25 heavy (non-hydrogen) atoms. The summed E-state index contributed by atoms with van der Waals surface area (Å²) in [6, 6.07) is 17.3. The van der Waals surface area contributed by atoms with E-state index in [9.17, 15) is 5.11 Å². The fraction of sp³-hybridized carbons (Fsp3) is 0.0476. The van der Waals surface area contributed by atoms with Gasteiger partial charge >= 0.3 is 0 Å². The fourth-order valence-corrected chi connectivity index (χ4v) is 2.66. The average molecular weight is 330 g/mol. The second-order valence-electron chi connectivity index (χ2n) is 5.98. The zero-order valence-corrected chi connectivity index (χ0v) is 14.1. The number of aliphatic hydroxyl groups excluding tert-OH is 1. The monoisotopic (exact) mass is 330 g/mol. The first kappa shape index (κ1) is 16.7. The van der Waals surface area contributed by atoms with Gasteiger partial charge in [-0.05, 0) is 34.5 Å². The average Bonchev–Trinajstić information content (AvgIpc) is 2.60. The van der Waals surface area contributed by atoms with Gasteiger partial charge in [-0.15, -0.1) is 0 Å². The molecule has 3 rings (SSSR count). The number of ether oxygens (including phenoxy) is 1. The van der Waals surface area contributed by atoms with Crippen molar-refractivity contribution in [1.82, 2.24) is 0 Å². The Morgan fingerprint density at radius 2 is 1.80 bits per heavy atom. The molecule has 0 saturated heterocycles. The van der Waals surface area contributed by atoms with Crippen molar-refractivity contribution in [3.63, 3.8) is 0 Å². The summed E-state index contributed by atoms with van der Waals surface area (Å²) in [6.45, 7) is 3.47. The Bertz CT molecular complexity index is 943. The highest BCUT2D eigenvalue weighted by Crippen LogP contribution is 2.28. The Morgan fingerprint density at radius 1 is 1.04 bits per heavy atom. The van der Waals surface area contributed by atoms with Gasteiger partial charge in [0.15, 0.2) is 0 Å². The van der Waals surface area contributed by atoms with Crippen LogP contribution in [0.4, 0.5) is 0 Å². The van der Waals surface area contributed by atoms with Gasteiger partial charge in [0.05, 0.1) is 0 Å². The Labute approximate surface area is 147 Å². The molecular formula is C21H19BO3. The summed E-state index contributed by atoms with van der Waals surface area (Å²) in [5.74, 6) is 0.912.